The number of amides is 1. The highest BCUT2D eigenvalue weighted by Crippen LogP contribution is 2.21. The van der Waals surface area contributed by atoms with Crippen LogP contribution in [0.4, 0.5) is 5.13 Å². The van der Waals surface area contributed by atoms with Crippen molar-refractivity contribution in [3.8, 4) is 0 Å². The summed E-state index contributed by atoms with van der Waals surface area (Å²) in [5, 5.41) is 8.71. The smallest absolute Gasteiger partial charge is 0.232 e. The number of aromatic nitrogens is 2. The van der Waals surface area contributed by atoms with Crippen molar-refractivity contribution < 1.29 is 4.79 Å². The number of carbonyl (C=O) groups excluding carboxylic acids is 1. The van der Waals surface area contributed by atoms with E-state index in [-0.39, 0.29) is 5.91 Å². The molecule has 0 spiro atoms. The van der Waals surface area contributed by atoms with Crippen molar-refractivity contribution in [3.63, 3.8) is 0 Å². The Morgan fingerprint density at radius 2 is 1.84 bits per heavy atom. The second kappa shape index (κ2) is 8.87. The Hall–Kier alpha value is -1.31. The molecule has 1 amide bonds. The second-order valence-electron chi connectivity index (χ2n) is 6.89. The zero-order valence-corrected chi connectivity index (χ0v) is 16.6. The summed E-state index contributed by atoms with van der Waals surface area (Å²) in [6, 6.07) is 0. The summed E-state index contributed by atoms with van der Waals surface area (Å²) in [5.74, 6) is 0.360. The van der Waals surface area contributed by atoms with Crippen LogP contribution in [0.2, 0.25) is 0 Å². The van der Waals surface area contributed by atoms with Crippen molar-refractivity contribution in [2.24, 2.45) is 0 Å². The van der Waals surface area contributed by atoms with Crippen LogP contribution in [-0.2, 0) is 17.8 Å². The van der Waals surface area contributed by atoms with Crippen molar-refractivity contribution in [2.45, 2.75) is 58.4 Å². The Kier molecular flexibility index (Phi) is 6.56. The first kappa shape index (κ1) is 18.5. The third-order valence-electron chi connectivity index (χ3n) is 4.29. The number of hydrogen-bond donors (Lipinski definition) is 1. The molecule has 1 aliphatic heterocycles. The predicted molar refractivity (Wildman–Crippen MR) is 104 cm³/mol. The molecule has 0 aliphatic carbocycles. The standard InChI is InChI=1S/C18H26N4OS2/c1-13(2)17-19-14(11-24-17)9-16(23)21-18-20-15(12-25-18)10-22-7-5-3-4-6-8-22/h11-13H,3-10H2,1-2H3,(H,20,21,23). The number of hydrogen-bond acceptors (Lipinski definition) is 6. The minimum absolute atomic E-state index is 0.0451. The van der Waals surface area contributed by atoms with Gasteiger partial charge in [-0.2, -0.15) is 0 Å². The van der Waals surface area contributed by atoms with Gasteiger partial charge in [0, 0.05) is 23.2 Å². The zero-order valence-electron chi connectivity index (χ0n) is 15.0. The lowest BCUT2D eigenvalue weighted by Crippen LogP contribution is -2.24. The van der Waals surface area contributed by atoms with Crippen LogP contribution >= 0.6 is 22.7 Å². The van der Waals surface area contributed by atoms with Gasteiger partial charge >= 0.3 is 0 Å². The molecule has 25 heavy (non-hydrogen) atoms. The molecule has 0 saturated carbocycles. The van der Waals surface area contributed by atoms with Gasteiger partial charge in [0.1, 0.15) is 0 Å². The molecule has 0 unspecified atom stereocenters. The molecule has 2 aromatic rings. The van der Waals surface area contributed by atoms with Crippen LogP contribution in [0, 0.1) is 0 Å². The largest absolute Gasteiger partial charge is 0.302 e. The minimum atomic E-state index is -0.0451. The van der Waals surface area contributed by atoms with E-state index in [9.17, 15) is 4.79 Å². The van der Waals surface area contributed by atoms with Crippen molar-refractivity contribution in [1.29, 1.82) is 0 Å². The van der Waals surface area contributed by atoms with Gasteiger partial charge in [-0.25, -0.2) is 9.97 Å². The number of anilines is 1. The Bertz CT molecular complexity index is 687. The van der Waals surface area contributed by atoms with Crippen LogP contribution in [0.1, 0.15) is 61.8 Å². The molecule has 0 bridgehead atoms. The summed E-state index contributed by atoms with van der Waals surface area (Å²) in [5.41, 5.74) is 1.89. The number of rotatable bonds is 6. The maximum atomic E-state index is 12.2. The Morgan fingerprint density at radius 3 is 2.52 bits per heavy atom. The van der Waals surface area contributed by atoms with Crippen LogP contribution in [0.3, 0.4) is 0 Å². The Morgan fingerprint density at radius 1 is 1.12 bits per heavy atom. The number of thiazole rings is 2. The van der Waals surface area contributed by atoms with Gasteiger partial charge in [0.2, 0.25) is 5.91 Å². The molecule has 3 rings (SSSR count). The molecule has 1 N–H and O–H groups in total. The van der Waals surface area contributed by atoms with Gasteiger partial charge in [-0.05, 0) is 25.9 Å². The number of carbonyl (C=O) groups is 1. The molecule has 1 fully saturated rings. The summed E-state index contributed by atoms with van der Waals surface area (Å²) >= 11 is 3.13. The van der Waals surface area contributed by atoms with E-state index >= 15 is 0 Å². The first-order valence-corrected chi connectivity index (χ1v) is 10.8. The molecule has 1 aliphatic rings. The fraction of sp³-hybridized carbons (Fsp3) is 0.611. The predicted octanol–water partition coefficient (Wildman–Crippen LogP) is 4.28. The van der Waals surface area contributed by atoms with E-state index in [0.29, 0.717) is 17.5 Å². The third kappa shape index (κ3) is 5.59. The molecular formula is C18H26N4OS2. The van der Waals surface area contributed by atoms with Gasteiger partial charge in [-0.1, -0.05) is 26.7 Å². The van der Waals surface area contributed by atoms with Gasteiger partial charge < -0.3 is 5.32 Å². The van der Waals surface area contributed by atoms with E-state index in [1.165, 1.54) is 37.0 Å². The van der Waals surface area contributed by atoms with E-state index < -0.39 is 0 Å². The van der Waals surface area contributed by atoms with E-state index in [1.807, 2.05) is 5.38 Å². The Labute approximate surface area is 157 Å². The number of nitrogens with one attached hydrogen (secondary N) is 1. The van der Waals surface area contributed by atoms with Gasteiger partial charge in [-0.3, -0.25) is 9.69 Å². The summed E-state index contributed by atoms with van der Waals surface area (Å²) < 4.78 is 0. The summed E-state index contributed by atoms with van der Waals surface area (Å²) in [6.45, 7) is 7.42. The van der Waals surface area contributed by atoms with E-state index in [0.717, 1.165) is 36.0 Å². The first-order chi connectivity index (χ1) is 12.1. The van der Waals surface area contributed by atoms with Crippen molar-refractivity contribution >= 4 is 33.7 Å². The normalized spacial score (nSPS) is 16.1. The van der Waals surface area contributed by atoms with Crippen LogP contribution in [0.15, 0.2) is 10.8 Å². The quantitative estimate of drug-likeness (QED) is 0.815. The Balaban J connectivity index is 1.50. The topological polar surface area (TPSA) is 58.1 Å². The molecule has 0 radical (unpaired) electrons. The van der Waals surface area contributed by atoms with Crippen LogP contribution in [0.25, 0.3) is 0 Å². The molecule has 136 valence electrons. The van der Waals surface area contributed by atoms with Crippen molar-refractivity contribution in [1.82, 2.24) is 14.9 Å². The lowest BCUT2D eigenvalue weighted by molar-refractivity contribution is -0.115. The maximum Gasteiger partial charge on any atom is 0.232 e. The zero-order chi connectivity index (χ0) is 17.6. The van der Waals surface area contributed by atoms with E-state index in [4.69, 9.17) is 0 Å². The minimum Gasteiger partial charge on any atom is -0.302 e. The van der Waals surface area contributed by atoms with Crippen LogP contribution in [-0.4, -0.2) is 33.9 Å². The van der Waals surface area contributed by atoms with Crippen molar-refractivity contribution in [3.05, 3.63) is 27.2 Å². The number of likely N-dealkylation sites (tertiary alicyclic amines) is 1. The lowest BCUT2D eigenvalue weighted by Gasteiger charge is -2.17. The fourth-order valence-electron chi connectivity index (χ4n) is 2.96. The summed E-state index contributed by atoms with van der Waals surface area (Å²) in [4.78, 5) is 23.8. The highest BCUT2D eigenvalue weighted by molar-refractivity contribution is 7.14. The molecule has 2 aromatic heterocycles. The van der Waals surface area contributed by atoms with Crippen LogP contribution < -0.4 is 5.32 Å². The molecule has 1 saturated heterocycles. The molecule has 5 nitrogen and oxygen atoms in total. The molecule has 3 heterocycles. The first-order valence-electron chi connectivity index (χ1n) is 9.01. The van der Waals surface area contributed by atoms with Gasteiger partial charge in [-0.15, -0.1) is 22.7 Å². The highest BCUT2D eigenvalue weighted by atomic mass is 32.1. The average Bonchev–Trinajstić information content (AvgIpc) is 3.12. The lowest BCUT2D eigenvalue weighted by atomic mass is 10.2. The SMILES string of the molecule is CC(C)c1nc(CC(=O)Nc2nc(CN3CCCCCC3)cs2)cs1. The van der Waals surface area contributed by atoms with Gasteiger partial charge in [0.05, 0.1) is 22.8 Å². The maximum absolute atomic E-state index is 12.2. The van der Waals surface area contributed by atoms with Gasteiger partial charge in [0.25, 0.3) is 0 Å². The molecule has 0 aromatic carbocycles. The summed E-state index contributed by atoms with van der Waals surface area (Å²) in [7, 11) is 0. The van der Waals surface area contributed by atoms with Gasteiger partial charge in [0.15, 0.2) is 5.13 Å². The highest BCUT2D eigenvalue weighted by Gasteiger charge is 2.14. The molecule has 0 atom stereocenters. The monoisotopic (exact) mass is 378 g/mol. The number of nitrogens with zero attached hydrogens (tertiary/aromatic N) is 3. The van der Waals surface area contributed by atoms with Crippen molar-refractivity contribution in [2.75, 3.05) is 18.4 Å². The third-order valence-corrected chi connectivity index (χ3v) is 6.29. The molecular weight excluding hydrogens is 352 g/mol. The average molecular weight is 379 g/mol. The van der Waals surface area contributed by atoms with Crippen LogP contribution in [0.5, 0.6) is 0 Å². The second-order valence-corrected chi connectivity index (χ2v) is 8.64. The fourth-order valence-corrected chi connectivity index (χ4v) is 4.51. The molecule has 7 heteroatoms. The summed E-state index contributed by atoms with van der Waals surface area (Å²) in [6.07, 6.45) is 5.54. The van der Waals surface area contributed by atoms with E-state index in [1.54, 1.807) is 11.3 Å². The van der Waals surface area contributed by atoms with E-state index in [2.05, 4.69) is 39.4 Å².